The van der Waals surface area contributed by atoms with E-state index in [1.807, 2.05) is 6.07 Å². The largest absolute Gasteiger partial charge is 0.478 e. The molecule has 1 aliphatic rings. The second-order valence-corrected chi connectivity index (χ2v) is 5.89. The summed E-state index contributed by atoms with van der Waals surface area (Å²) in [5, 5.41) is 4.69. The molecule has 0 bridgehead atoms. The van der Waals surface area contributed by atoms with Crippen molar-refractivity contribution in [3.8, 4) is 5.88 Å². The van der Waals surface area contributed by atoms with Gasteiger partial charge in [-0.15, -0.1) is 0 Å². The van der Waals surface area contributed by atoms with E-state index < -0.39 is 0 Å². The zero-order valence-electron chi connectivity index (χ0n) is 12.8. The summed E-state index contributed by atoms with van der Waals surface area (Å²) >= 11 is 0. The standard InChI is InChI=1S/C18H24N2O/c1-2-10-19-13-15-12-18(21-11-9-14-7-8-14)20-17-6-4-3-5-16(15)17/h3-6,12,14,19H,2,7-11,13H2,1H3. The van der Waals surface area contributed by atoms with Crippen LogP contribution in [-0.2, 0) is 6.54 Å². The highest BCUT2D eigenvalue weighted by Gasteiger charge is 2.20. The highest BCUT2D eigenvalue weighted by molar-refractivity contribution is 5.82. The smallest absolute Gasteiger partial charge is 0.214 e. The Morgan fingerprint density at radius 2 is 2.14 bits per heavy atom. The van der Waals surface area contributed by atoms with Crippen LogP contribution >= 0.6 is 0 Å². The fourth-order valence-electron chi connectivity index (χ4n) is 2.58. The van der Waals surface area contributed by atoms with Gasteiger partial charge in [-0.3, -0.25) is 0 Å². The molecule has 1 heterocycles. The fraction of sp³-hybridized carbons (Fsp3) is 0.500. The second kappa shape index (κ2) is 6.90. The van der Waals surface area contributed by atoms with Crippen LogP contribution in [-0.4, -0.2) is 18.1 Å². The third kappa shape index (κ3) is 3.94. The number of nitrogens with one attached hydrogen (secondary N) is 1. The molecule has 0 spiro atoms. The van der Waals surface area contributed by atoms with Gasteiger partial charge in [0.15, 0.2) is 0 Å². The molecule has 0 atom stereocenters. The predicted octanol–water partition coefficient (Wildman–Crippen LogP) is 3.91. The van der Waals surface area contributed by atoms with Crippen LogP contribution < -0.4 is 10.1 Å². The van der Waals surface area contributed by atoms with Crippen molar-refractivity contribution in [3.63, 3.8) is 0 Å². The molecule has 1 fully saturated rings. The van der Waals surface area contributed by atoms with E-state index in [0.29, 0.717) is 0 Å². The van der Waals surface area contributed by atoms with E-state index in [-0.39, 0.29) is 0 Å². The van der Waals surface area contributed by atoms with Gasteiger partial charge in [0, 0.05) is 18.0 Å². The van der Waals surface area contributed by atoms with E-state index >= 15 is 0 Å². The van der Waals surface area contributed by atoms with Crippen molar-refractivity contribution >= 4 is 10.9 Å². The molecule has 1 saturated carbocycles. The average molecular weight is 284 g/mol. The molecule has 1 aliphatic carbocycles. The third-order valence-electron chi connectivity index (χ3n) is 3.99. The maximum Gasteiger partial charge on any atom is 0.214 e. The summed E-state index contributed by atoms with van der Waals surface area (Å²) in [5.41, 5.74) is 2.30. The van der Waals surface area contributed by atoms with Crippen molar-refractivity contribution in [2.24, 2.45) is 5.92 Å². The number of hydrogen-bond donors (Lipinski definition) is 1. The fourth-order valence-corrected chi connectivity index (χ4v) is 2.58. The lowest BCUT2D eigenvalue weighted by Gasteiger charge is -2.11. The van der Waals surface area contributed by atoms with E-state index in [4.69, 9.17) is 4.74 Å². The molecule has 0 saturated heterocycles. The number of rotatable bonds is 8. The lowest BCUT2D eigenvalue weighted by atomic mass is 10.1. The number of benzene rings is 1. The van der Waals surface area contributed by atoms with Crippen molar-refractivity contribution in [3.05, 3.63) is 35.9 Å². The van der Waals surface area contributed by atoms with E-state index in [2.05, 4.69) is 41.5 Å². The van der Waals surface area contributed by atoms with E-state index in [0.717, 1.165) is 49.9 Å². The summed E-state index contributed by atoms with van der Waals surface area (Å²) in [7, 11) is 0. The average Bonchev–Trinajstić information content (AvgIpc) is 3.32. The molecule has 0 radical (unpaired) electrons. The van der Waals surface area contributed by atoms with E-state index in [9.17, 15) is 0 Å². The summed E-state index contributed by atoms with van der Waals surface area (Å²) in [4.78, 5) is 4.63. The van der Waals surface area contributed by atoms with Crippen LogP contribution in [0.3, 0.4) is 0 Å². The van der Waals surface area contributed by atoms with Crippen LogP contribution in [0.15, 0.2) is 30.3 Å². The summed E-state index contributed by atoms with van der Waals surface area (Å²) in [5.74, 6) is 1.67. The summed E-state index contributed by atoms with van der Waals surface area (Å²) in [6, 6.07) is 10.4. The summed E-state index contributed by atoms with van der Waals surface area (Å²) in [6.07, 6.45) is 5.06. The van der Waals surface area contributed by atoms with Gasteiger partial charge in [-0.25, -0.2) is 4.98 Å². The van der Waals surface area contributed by atoms with Gasteiger partial charge in [-0.05, 0) is 36.9 Å². The van der Waals surface area contributed by atoms with Crippen LogP contribution in [0.4, 0.5) is 0 Å². The number of hydrogen-bond acceptors (Lipinski definition) is 3. The molecule has 0 unspecified atom stereocenters. The van der Waals surface area contributed by atoms with Gasteiger partial charge in [0.1, 0.15) is 0 Å². The Bertz CT molecular complexity index is 593. The monoisotopic (exact) mass is 284 g/mol. The SMILES string of the molecule is CCCNCc1cc(OCCC2CC2)nc2ccccc12. The van der Waals surface area contributed by atoms with Gasteiger partial charge in [-0.2, -0.15) is 0 Å². The van der Waals surface area contributed by atoms with Gasteiger partial charge in [0.25, 0.3) is 0 Å². The molecular weight excluding hydrogens is 260 g/mol. The Kier molecular flexibility index (Phi) is 4.71. The molecule has 1 aromatic carbocycles. The Hall–Kier alpha value is -1.61. The third-order valence-corrected chi connectivity index (χ3v) is 3.99. The number of para-hydroxylation sites is 1. The molecular formula is C18H24N2O. The normalized spacial score (nSPS) is 14.5. The maximum absolute atomic E-state index is 5.87. The van der Waals surface area contributed by atoms with Crippen molar-refractivity contribution < 1.29 is 4.74 Å². The van der Waals surface area contributed by atoms with Crippen molar-refractivity contribution in [1.82, 2.24) is 10.3 Å². The van der Waals surface area contributed by atoms with Crippen molar-refractivity contribution in [2.75, 3.05) is 13.2 Å². The van der Waals surface area contributed by atoms with Gasteiger partial charge in [0.05, 0.1) is 12.1 Å². The molecule has 3 heteroatoms. The number of pyridine rings is 1. The predicted molar refractivity (Wildman–Crippen MR) is 86.6 cm³/mol. The number of fused-ring (bicyclic) bond motifs is 1. The van der Waals surface area contributed by atoms with Gasteiger partial charge in [-0.1, -0.05) is 38.0 Å². The van der Waals surface area contributed by atoms with E-state index in [1.165, 1.54) is 23.8 Å². The summed E-state index contributed by atoms with van der Waals surface area (Å²) in [6.45, 7) is 4.88. The van der Waals surface area contributed by atoms with Gasteiger partial charge in [0.2, 0.25) is 5.88 Å². The first-order valence-corrected chi connectivity index (χ1v) is 8.09. The first-order chi connectivity index (χ1) is 10.4. The first-order valence-electron chi connectivity index (χ1n) is 8.09. The first kappa shape index (κ1) is 14.3. The molecule has 112 valence electrons. The lowest BCUT2D eigenvalue weighted by molar-refractivity contribution is 0.292. The van der Waals surface area contributed by atoms with Crippen LogP contribution in [0.25, 0.3) is 10.9 Å². The number of aromatic nitrogens is 1. The van der Waals surface area contributed by atoms with Gasteiger partial charge < -0.3 is 10.1 Å². The van der Waals surface area contributed by atoms with Gasteiger partial charge >= 0.3 is 0 Å². The summed E-state index contributed by atoms with van der Waals surface area (Å²) < 4.78 is 5.87. The molecule has 0 amide bonds. The molecule has 21 heavy (non-hydrogen) atoms. The molecule has 0 aliphatic heterocycles. The van der Waals surface area contributed by atoms with Crippen LogP contribution in [0.2, 0.25) is 0 Å². The minimum absolute atomic E-state index is 0.766. The maximum atomic E-state index is 5.87. The number of nitrogens with zero attached hydrogens (tertiary/aromatic N) is 1. The van der Waals surface area contributed by atoms with Crippen molar-refractivity contribution in [2.45, 2.75) is 39.2 Å². The molecule has 3 nitrogen and oxygen atoms in total. The lowest BCUT2D eigenvalue weighted by Crippen LogP contribution is -2.14. The topological polar surface area (TPSA) is 34.1 Å². The molecule has 2 aromatic rings. The minimum atomic E-state index is 0.766. The minimum Gasteiger partial charge on any atom is -0.478 e. The number of ether oxygens (including phenoxy) is 1. The highest BCUT2D eigenvalue weighted by Crippen LogP contribution is 2.32. The molecule has 3 rings (SSSR count). The highest BCUT2D eigenvalue weighted by atomic mass is 16.5. The zero-order valence-corrected chi connectivity index (χ0v) is 12.8. The van der Waals surface area contributed by atoms with Crippen LogP contribution in [0.5, 0.6) is 5.88 Å². The zero-order chi connectivity index (χ0) is 14.5. The van der Waals surface area contributed by atoms with Crippen LogP contribution in [0, 0.1) is 5.92 Å². The molecule has 1 N–H and O–H groups in total. The second-order valence-electron chi connectivity index (χ2n) is 5.89. The van der Waals surface area contributed by atoms with Crippen molar-refractivity contribution in [1.29, 1.82) is 0 Å². The quantitative estimate of drug-likeness (QED) is 0.746. The Morgan fingerprint density at radius 1 is 1.29 bits per heavy atom. The van der Waals surface area contributed by atoms with E-state index in [1.54, 1.807) is 0 Å². The Labute approximate surface area is 126 Å². The van der Waals surface area contributed by atoms with Crippen LogP contribution in [0.1, 0.15) is 38.2 Å². The molecule has 1 aromatic heterocycles. The Morgan fingerprint density at radius 3 is 2.95 bits per heavy atom. The Balaban J connectivity index is 1.75.